The summed E-state index contributed by atoms with van der Waals surface area (Å²) in [6.45, 7) is 5.47. The van der Waals surface area contributed by atoms with Crippen LogP contribution in [0.2, 0.25) is 0 Å². The Morgan fingerprint density at radius 1 is 1.41 bits per heavy atom. The summed E-state index contributed by atoms with van der Waals surface area (Å²) in [6.07, 6.45) is 6.28. The summed E-state index contributed by atoms with van der Waals surface area (Å²) in [7, 11) is 2.07. The molecule has 0 saturated heterocycles. The summed E-state index contributed by atoms with van der Waals surface area (Å²) in [6, 6.07) is 3.03. The summed E-state index contributed by atoms with van der Waals surface area (Å²) in [5.74, 6) is 0.846. The van der Waals surface area contributed by atoms with Crippen LogP contribution >= 0.6 is 0 Å². The highest BCUT2D eigenvalue weighted by molar-refractivity contribution is 5.11. The number of nitrogens with one attached hydrogen (secondary N) is 1. The van der Waals surface area contributed by atoms with Gasteiger partial charge in [-0.15, -0.1) is 0 Å². The molecule has 0 bridgehead atoms. The Hall–Kier alpha value is -0.830. The largest absolute Gasteiger partial charge is 0.314 e. The van der Waals surface area contributed by atoms with Crippen molar-refractivity contribution in [1.82, 2.24) is 15.1 Å². The van der Waals surface area contributed by atoms with E-state index in [0.717, 1.165) is 24.9 Å². The van der Waals surface area contributed by atoms with E-state index in [0.29, 0.717) is 0 Å². The number of nitrogens with zero attached hydrogens (tertiary/aromatic N) is 2. The lowest BCUT2D eigenvalue weighted by atomic mass is 10.0. The molecule has 17 heavy (non-hydrogen) atoms. The van der Waals surface area contributed by atoms with Crippen LogP contribution in [0.25, 0.3) is 0 Å². The summed E-state index contributed by atoms with van der Waals surface area (Å²) in [5, 5.41) is 8.10. The Labute approximate surface area is 105 Å². The molecule has 1 N–H and O–H groups in total. The van der Waals surface area contributed by atoms with Gasteiger partial charge in [0.25, 0.3) is 0 Å². The number of aromatic nitrogens is 2. The zero-order valence-electron chi connectivity index (χ0n) is 11.4. The van der Waals surface area contributed by atoms with Crippen molar-refractivity contribution in [1.29, 1.82) is 0 Å². The average Bonchev–Trinajstić information content (AvgIpc) is 2.88. The van der Waals surface area contributed by atoms with Gasteiger partial charge in [-0.05, 0) is 50.6 Å². The van der Waals surface area contributed by atoms with Gasteiger partial charge in [-0.25, -0.2) is 0 Å². The van der Waals surface area contributed by atoms with Gasteiger partial charge in [0.05, 0.1) is 5.69 Å². The maximum absolute atomic E-state index is 4.53. The maximum Gasteiger partial charge on any atom is 0.0624 e. The first-order valence-electron chi connectivity index (χ1n) is 6.98. The molecule has 1 heterocycles. The van der Waals surface area contributed by atoms with Crippen LogP contribution in [0.5, 0.6) is 0 Å². The monoisotopic (exact) mass is 235 g/mol. The molecule has 0 amide bonds. The van der Waals surface area contributed by atoms with Crippen molar-refractivity contribution in [2.24, 2.45) is 13.0 Å². The van der Waals surface area contributed by atoms with Crippen LogP contribution in [0.15, 0.2) is 6.07 Å². The lowest BCUT2D eigenvalue weighted by Crippen LogP contribution is -2.26. The molecular weight excluding hydrogens is 210 g/mol. The van der Waals surface area contributed by atoms with Crippen molar-refractivity contribution in [2.45, 2.75) is 52.0 Å². The lowest BCUT2D eigenvalue weighted by Gasteiger charge is -2.11. The highest BCUT2D eigenvalue weighted by Gasteiger charge is 2.24. The van der Waals surface area contributed by atoms with Crippen molar-refractivity contribution in [3.63, 3.8) is 0 Å². The molecular formula is C14H25N3. The SMILES string of the molecule is CCNC1CCC(Cc2cc(CC)nn2C)C1. The van der Waals surface area contributed by atoms with Gasteiger partial charge in [-0.2, -0.15) is 5.10 Å². The molecule has 1 saturated carbocycles. The zero-order valence-corrected chi connectivity index (χ0v) is 11.4. The number of hydrogen-bond acceptors (Lipinski definition) is 2. The van der Waals surface area contributed by atoms with E-state index in [1.54, 1.807) is 0 Å². The standard InChI is InChI=1S/C14H25N3/c1-4-12-10-14(17(3)16-12)9-11-6-7-13(8-11)15-5-2/h10-11,13,15H,4-9H2,1-3H3. The van der Waals surface area contributed by atoms with Crippen LogP contribution in [0.4, 0.5) is 0 Å². The molecule has 0 aliphatic heterocycles. The van der Waals surface area contributed by atoms with Crippen LogP contribution in [0.1, 0.15) is 44.5 Å². The molecule has 3 heteroatoms. The molecule has 96 valence electrons. The molecule has 1 aliphatic carbocycles. The van der Waals surface area contributed by atoms with Crippen LogP contribution in [0, 0.1) is 5.92 Å². The van der Waals surface area contributed by atoms with Gasteiger partial charge in [0.15, 0.2) is 0 Å². The Morgan fingerprint density at radius 3 is 2.88 bits per heavy atom. The van der Waals surface area contributed by atoms with Crippen LogP contribution in [-0.2, 0) is 19.9 Å². The maximum atomic E-state index is 4.53. The van der Waals surface area contributed by atoms with E-state index in [1.165, 1.54) is 37.1 Å². The van der Waals surface area contributed by atoms with Crippen molar-refractivity contribution in [3.05, 3.63) is 17.5 Å². The third kappa shape index (κ3) is 3.09. The zero-order chi connectivity index (χ0) is 12.3. The van der Waals surface area contributed by atoms with Gasteiger partial charge >= 0.3 is 0 Å². The second-order valence-corrected chi connectivity index (χ2v) is 5.24. The normalized spacial score (nSPS) is 24.4. The topological polar surface area (TPSA) is 29.9 Å². The van der Waals surface area contributed by atoms with E-state index in [1.807, 2.05) is 0 Å². The van der Waals surface area contributed by atoms with Crippen LogP contribution < -0.4 is 5.32 Å². The van der Waals surface area contributed by atoms with Gasteiger partial charge in [0.2, 0.25) is 0 Å². The fourth-order valence-corrected chi connectivity index (χ4v) is 2.97. The van der Waals surface area contributed by atoms with Crippen molar-refractivity contribution >= 4 is 0 Å². The molecule has 0 spiro atoms. The molecule has 2 rings (SSSR count). The molecule has 2 atom stereocenters. The minimum atomic E-state index is 0.754. The van der Waals surface area contributed by atoms with E-state index >= 15 is 0 Å². The van der Waals surface area contributed by atoms with Crippen molar-refractivity contribution < 1.29 is 0 Å². The van der Waals surface area contributed by atoms with Gasteiger partial charge in [-0.1, -0.05) is 13.8 Å². The summed E-state index contributed by atoms with van der Waals surface area (Å²) >= 11 is 0. The number of rotatable bonds is 5. The van der Waals surface area contributed by atoms with E-state index in [9.17, 15) is 0 Å². The second-order valence-electron chi connectivity index (χ2n) is 5.24. The Kier molecular flexibility index (Phi) is 4.21. The first-order valence-corrected chi connectivity index (χ1v) is 6.98. The smallest absolute Gasteiger partial charge is 0.0624 e. The van der Waals surface area contributed by atoms with Gasteiger partial charge in [0.1, 0.15) is 0 Å². The second kappa shape index (κ2) is 5.67. The Balaban J connectivity index is 1.90. The summed E-state index contributed by atoms with van der Waals surface area (Å²) in [5.41, 5.74) is 2.63. The van der Waals surface area contributed by atoms with E-state index in [2.05, 4.69) is 42.1 Å². The van der Waals surface area contributed by atoms with Crippen molar-refractivity contribution in [3.8, 4) is 0 Å². The summed E-state index contributed by atoms with van der Waals surface area (Å²) < 4.78 is 2.07. The minimum absolute atomic E-state index is 0.754. The Bertz CT molecular complexity index is 356. The molecule has 1 aliphatic rings. The number of hydrogen-bond donors (Lipinski definition) is 1. The molecule has 1 aromatic rings. The highest BCUT2D eigenvalue weighted by atomic mass is 15.3. The minimum Gasteiger partial charge on any atom is -0.314 e. The third-order valence-electron chi connectivity index (χ3n) is 3.92. The lowest BCUT2D eigenvalue weighted by molar-refractivity contribution is 0.482. The van der Waals surface area contributed by atoms with Gasteiger partial charge < -0.3 is 5.32 Å². The summed E-state index contributed by atoms with van der Waals surface area (Å²) in [4.78, 5) is 0. The quantitative estimate of drug-likeness (QED) is 0.848. The van der Waals surface area contributed by atoms with Crippen LogP contribution in [0.3, 0.4) is 0 Å². The molecule has 0 radical (unpaired) electrons. The average molecular weight is 235 g/mol. The fraction of sp³-hybridized carbons (Fsp3) is 0.786. The van der Waals surface area contributed by atoms with E-state index in [4.69, 9.17) is 0 Å². The Morgan fingerprint density at radius 2 is 2.24 bits per heavy atom. The molecule has 3 nitrogen and oxygen atoms in total. The molecule has 0 aromatic carbocycles. The predicted molar refractivity (Wildman–Crippen MR) is 71.1 cm³/mol. The highest BCUT2D eigenvalue weighted by Crippen LogP contribution is 2.28. The van der Waals surface area contributed by atoms with Gasteiger partial charge in [0, 0.05) is 18.8 Å². The first kappa shape index (κ1) is 12.6. The fourth-order valence-electron chi connectivity index (χ4n) is 2.97. The predicted octanol–water partition coefficient (Wildman–Crippen LogP) is 2.30. The number of aryl methyl sites for hydroxylation is 2. The molecule has 1 fully saturated rings. The third-order valence-corrected chi connectivity index (χ3v) is 3.92. The van der Waals surface area contributed by atoms with Crippen molar-refractivity contribution in [2.75, 3.05) is 6.54 Å². The van der Waals surface area contributed by atoms with E-state index < -0.39 is 0 Å². The molecule has 1 aromatic heterocycles. The van der Waals surface area contributed by atoms with Gasteiger partial charge in [-0.3, -0.25) is 4.68 Å². The molecule has 2 unspecified atom stereocenters. The van der Waals surface area contributed by atoms with E-state index in [-0.39, 0.29) is 0 Å². The first-order chi connectivity index (χ1) is 8.22. The van der Waals surface area contributed by atoms with Crippen LogP contribution in [-0.4, -0.2) is 22.4 Å².